The van der Waals surface area contributed by atoms with Gasteiger partial charge in [0.25, 0.3) is 0 Å². The largest absolute Gasteiger partial charge is 0.462 e. The monoisotopic (exact) mass is 951 g/mol. The topological polar surface area (TPSA) is 78.9 Å². The highest BCUT2D eigenvalue weighted by Gasteiger charge is 2.19. The van der Waals surface area contributed by atoms with Gasteiger partial charge in [-0.2, -0.15) is 0 Å². The van der Waals surface area contributed by atoms with Crippen LogP contribution in [0.2, 0.25) is 0 Å². The molecule has 0 aromatic rings. The second-order valence-electron chi connectivity index (χ2n) is 17.3. The van der Waals surface area contributed by atoms with Gasteiger partial charge in [-0.25, -0.2) is 0 Å². The van der Waals surface area contributed by atoms with Crippen molar-refractivity contribution in [3.05, 3.63) is 146 Å². The van der Waals surface area contributed by atoms with Gasteiger partial charge in [0, 0.05) is 19.3 Å². The van der Waals surface area contributed by atoms with E-state index in [0.29, 0.717) is 19.3 Å². The van der Waals surface area contributed by atoms with E-state index in [4.69, 9.17) is 14.2 Å². The molecule has 1 atom stereocenters. The molecule has 386 valence electrons. The molecule has 1 unspecified atom stereocenters. The molecule has 0 rings (SSSR count). The zero-order chi connectivity index (χ0) is 50.0. The molecule has 0 aromatic carbocycles. The summed E-state index contributed by atoms with van der Waals surface area (Å²) in [6.07, 6.45) is 79.8. The normalized spacial score (nSPS) is 13.3. The van der Waals surface area contributed by atoms with Crippen LogP contribution in [0.15, 0.2) is 146 Å². The molecule has 0 spiro atoms. The molecule has 0 aliphatic carbocycles. The Morgan fingerprint density at radius 3 is 0.870 bits per heavy atom. The third-order valence-corrected chi connectivity index (χ3v) is 10.8. The Morgan fingerprint density at radius 1 is 0.290 bits per heavy atom. The van der Waals surface area contributed by atoms with Crippen LogP contribution in [0.4, 0.5) is 0 Å². The number of hydrogen-bond donors (Lipinski definition) is 0. The lowest BCUT2D eigenvalue weighted by Gasteiger charge is -2.18. The maximum absolute atomic E-state index is 12.8. The van der Waals surface area contributed by atoms with E-state index < -0.39 is 12.1 Å². The third kappa shape index (κ3) is 54.1. The number of ether oxygens (including phenoxy) is 3. The fourth-order valence-corrected chi connectivity index (χ4v) is 6.85. The van der Waals surface area contributed by atoms with Gasteiger partial charge in [-0.1, -0.05) is 218 Å². The van der Waals surface area contributed by atoms with Crippen molar-refractivity contribution in [1.29, 1.82) is 0 Å². The molecule has 0 aromatic heterocycles. The van der Waals surface area contributed by atoms with Crippen molar-refractivity contribution in [1.82, 2.24) is 0 Å². The van der Waals surface area contributed by atoms with Crippen molar-refractivity contribution in [2.75, 3.05) is 13.2 Å². The van der Waals surface area contributed by atoms with Crippen LogP contribution in [-0.4, -0.2) is 37.2 Å². The van der Waals surface area contributed by atoms with Crippen LogP contribution >= 0.6 is 0 Å². The third-order valence-electron chi connectivity index (χ3n) is 10.8. The molecule has 0 radical (unpaired) electrons. The predicted molar refractivity (Wildman–Crippen MR) is 297 cm³/mol. The van der Waals surface area contributed by atoms with Crippen molar-refractivity contribution in [2.45, 2.75) is 219 Å². The van der Waals surface area contributed by atoms with Crippen LogP contribution < -0.4 is 0 Å². The Labute approximate surface area is 423 Å². The maximum Gasteiger partial charge on any atom is 0.306 e. The molecule has 0 heterocycles. The van der Waals surface area contributed by atoms with Crippen LogP contribution in [0, 0.1) is 0 Å². The fourth-order valence-electron chi connectivity index (χ4n) is 6.85. The first kappa shape index (κ1) is 64.3. The summed E-state index contributed by atoms with van der Waals surface area (Å²) in [7, 11) is 0. The van der Waals surface area contributed by atoms with E-state index in [9.17, 15) is 14.4 Å². The molecule has 0 saturated carbocycles. The molecule has 0 fully saturated rings. The average molecular weight is 951 g/mol. The molecule has 0 amide bonds. The number of rotatable bonds is 47. The summed E-state index contributed by atoms with van der Waals surface area (Å²) >= 11 is 0. The zero-order valence-corrected chi connectivity index (χ0v) is 44.0. The highest BCUT2D eigenvalue weighted by molar-refractivity contribution is 5.71. The number of carbonyl (C=O) groups is 3. The molecule has 0 aliphatic heterocycles. The number of hydrogen-bond acceptors (Lipinski definition) is 6. The molecule has 0 aliphatic rings. The van der Waals surface area contributed by atoms with Gasteiger partial charge >= 0.3 is 17.9 Å². The summed E-state index contributed by atoms with van der Waals surface area (Å²) in [6, 6.07) is 0. The van der Waals surface area contributed by atoms with Gasteiger partial charge in [-0.3, -0.25) is 14.4 Å². The van der Waals surface area contributed by atoms with Crippen LogP contribution in [0.1, 0.15) is 213 Å². The number of esters is 3. The standard InChI is InChI=1S/C63H98O6/c1-4-7-10-13-16-19-22-25-28-31-32-33-36-38-41-44-47-50-53-56-62(65)68-59-60(69-63(66)57-54-51-48-45-42-39-35-30-27-24-21-18-15-12-9-6-3)58-67-61(64)55-52-49-46-43-40-37-34-29-26-23-20-17-14-11-8-5-2/h7-12,16-21,25-30,32-33,39,42,48,51,60H,4-6,13-15,22-24,31,34-38,40-41,43-47,49-50,52-59H2,1-3H3/b10-7-,11-8-,12-9-,19-16-,20-17-,21-18-,28-25-,29-26-,30-27-,33-32-,42-39-,51-48-. The fraction of sp³-hybridized carbons (Fsp3) is 0.571. The summed E-state index contributed by atoms with van der Waals surface area (Å²) in [5, 5.41) is 0. The molecule has 0 bridgehead atoms. The SMILES string of the molecule is CC/C=C\C/C=C\C/C=C\C/C=C\C/C=C\CCC(=O)OC(COC(=O)CCCCCCCC/C=C\C/C=C\C/C=C\CC)COC(=O)CCCCCCCC/C=C\C/C=C\C/C=C\C/C=C\CC. The summed E-state index contributed by atoms with van der Waals surface area (Å²) in [5.41, 5.74) is 0. The first-order chi connectivity index (χ1) is 34.0. The highest BCUT2D eigenvalue weighted by atomic mass is 16.6. The van der Waals surface area contributed by atoms with Crippen LogP contribution in [0.3, 0.4) is 0 Å². The smallest absolute Gasteiger partial charge is 0.306 e. The van der Waals surface area contributed by atoms with E-state index >= 15 is 0 Å². The lowest BCUT2D eigenvalue weighted by atomic mass is 10.1. The number of allylic oxidation sites excluding steroid dienone is 24. The van der Waals surface area contributed by atoms with E-state index in [1.807, 2.05) is 12.2 Å². The van der Waals surface area contributed by atoms with Gasteiger partial charge in [0.1, 0.15) is 13.2 Å². The first-order valence-electron chi connectivity index (χ1n) is 27.3. The first-order valence-corrected chi connectivity index (χ1v) is 27.3. The number of unbranched alkanes of at least 4 members (excludes halogenated alkanes) is 12. The van der Waals surface area contributed by atoms with Crippen molar-refractivity contribution in [3.8, 4) is 0 Å². The lowest BCUT2D eigenvalue weighted by Crippen LogP contribution is -2.30. The van der Waals surface area contributed by atoms with E-state index in [1.165, 1.54) is 25.7 Å². The van der Waals surface area contributed by atoms with Gasteiger partial charge in [0.2, 0.25) is 0 Å². The summed E-state index contributed by atoms with van der Waals surface area (Å²) in [6.45, 7) is 6.20. The van der Waals surface area contributed by atoms with Crippen LogP contribution in [0.5, 0.6) is 0 Å². The molecule has 69 heavy (non-hydrogen) atoms. The Bertz CT molecular complexity index is 1560. The summed E-state index contributed by atoms with van der Waals surface area (Å²) in [4.78, 5) is 38.1. The summed E-state index contributed by atoms with van der Waals surface area (Å²) < 4.78 is 16.7. The average Bonchev–Trinajstić information content (AvgIpc) is 3.35. The molecule has 6 heteroatoms. The van der Waals surface area contributed by atoms with Gasteiger partial charge in [0.15, 0.2) is 6.10 Å². The molecule has 0 N–H and O–H groups in total. The minimum Gasteiger partial charge on any atom is -0.462 e. The minimum atomic E-state index is -0.836. The van der Waals surface area contributed by atoms with E-state index in [-0.39, 0.29) is 31.6 Å². The molecule has 6 nitrogen and oxygen atoms in total. The molecular weight excluding hydrogens is 853 g/mol. The Morgan fingerprint density at radius 2 is 0.551 bits per heavy atom. The van der Waals surface area contributed by atoms with Gasteiger partial charge < -0.3 is 14.2 Å². The van der Waals surface area contributed by atoms with Crippen molar-refractivity contribution in [2.24, 2.45) is 0 Å². The van der Waals surface area contributed by atoms with Crippen molar-refractivity contribution in [3.63, 3.8) is 0 Å². The number of carbonyl (C=O) groups excluding carboxylic acids is 3. The van der Waals surface area contributed by atoms with Crippen LogP contribution in [0.25, 0.3) is 0 Å². The molecule has 0 saturated heterocycles. The quantitative estimate of drug-likeness (QED) is 0.0262. The lowest BCUT2D eigenvalue weighted by molar-refractivity contribution is -0.166. The van der Waals surface area contributed by atoms with E-state index in [0.717, 1.165) is 141 Å². The Hall–Kier alpha value is -4.71. The highest BCUT2D eigenvalue weighted by Crippen LogP contribution is 2.13. The van der Waals surface area contributed by atoms with Crippen molar-refractivity contribution < 1.29 is 28.6 Å². The Kier molecular flexibility index (Phi) is 52.1. The van der Waals surface area contributed by atoms with Gasteiger partial charge in [-0.05, 0) is 122 Å². The zero-order valence-electron chi connectivity index (χ0n) is 44.0. The van der Waals surface area contributed by atoms with Crippen molar-refractivity contribution >= 4 is 17.9 Å². The Balaban J connectivity index is 4.56. The summed E-state index contributed by atoms with van der Waals surface area (Å²) in [5.74, 6) is -1.04. The molecular formula is C63H98O6. The van der Waals surface area contributed by atoms with Gasteiger partial charge in [0.05, 0.1) is 0 Å². The minimum absolute atomic E-state index is 0.125. The van der Waals surface area contributed by atoms with Crippen LogP contribution in [-0.2, 0) is 28.6 Å². The van der Waals surface area contributed by atoms with E-state index in [1.54, 1.807) is 0 Å². The van der Waals surface area contributed by atoms with Gasteiger partial charge in [-0.15, -0.1) is 0 Å². The predicted octanol–water partition coefficient (Wildman–Crippen LogP) is 18.4. The second-order valence-corrected chi connectivity index (χ2v) is 17.3. The van der Waals surface area contributed by atoms with E-state index in [2.05, 4.69) is 154 Å². The second kappa shape index (κ2) is 55.9. The maximum atomic E-state index is 12.8.